The standard InChI is InChI=1S/C14H18N2O4/c1-4-20-14(18)13-8(7-17)11-9(16(13)2)5-6-10(19-3)12(11)15/h5-6,17H,4,7,15H2,1-3H3. The molecule has 0 bridgehead atoms. The number of anilines is 1. The number of hydrogen-bond acceptors (Lipinski definition) is 5. The molecule has 0 spiro atoms. The van der Waals surface area contributed by atoms with Crippen molar-refractivity contribution >= 4 is 22.6 Å². The van der Waals surface area contributed by atoms with Crippen LogP contribution in [0, 0.1) is 0 Å². The lowest BCUT2D eigenvalue weighted by Gasteiger charge is -2.06. The molecule has 0 radical (unpaired) electrons. The molecule has 2 aromatic rings. The highest BCUT2D eigenvalue weighted by molar-refractivity contribution is 6.05. The number of carbonyl (C=O) groups is 1. The zero-order chi connectivity index (χ0) is 14.9. The van der Waals surface area contributed by atoms with Crippen molar-refractivity contribution in [2.24, 2.45) is 7.05 Å². The van der Waals surface area contributed by atoms with Crippen molar-refractivity contribution < 1.29 is 19.4 Å². The Bertz CT molecular complexity index is 661. The van der Waals surface area contributed by atoms with Crippen LogP contribution in [-0.4, -0.2) is 29.4 Å². The molecule has 3 N–H and O–H groups in total. The van der Waals surface area contributed by atoms with Crippen molar-refractivity contribution in [3.8, 4) is 5.75 Å². The molecule has 0 aliphatic carbocycles. The summed E-state index contributed by atoms with van der Waals surface area (Å²) in [4.78, 5) is 12.1. The van der Waals surface area contributed by atoms with E-state index in [-0.39, 0.29) is 13.2 Å². The molecule has 6 heteroatoms. The van der Waals surface area contributed by atoms with Gasteiger partial charge in [-0.3, -0.25) is 0 Å². The number of benzene rings is 1. The molecule has 0 aliphatic rings. The van der Waals surface area contributed by atoms with E-state index in [1.165, 1.54) is 7.11 Å². The summed E-state index contributed by atoms with van der Waals surface area (Å²) in [5, 5.41) is 10.2. The predicted octanol–water partition coefficient (Wildman–Crippen LogP) is 1.44. The van der Waals surface area contributed by atoms with Gasteiger partial charge >= 0.3 is 5.97 Å². The first-order valence-electron chi connectivity index (χ1n) is 6.28. The number of esters is 1. The van der Waals surface area contributed by atoms with Gasteiger partial charge in [0, 0.05) is 18.0 Å². The van der Waals surface area contributed by atoms with Gasteiger partial charge in [0.2, 0.25) is 0 Å². The van der Waals surface area contributed by atoms with Crippen LogP contribution in [0.5, 0.6) is 5.75 Å². The van der Waals surface area contributed by atoms with Crippen LogP contribution in [0.3, 0.4) is 0 Å². The van der Waals surface area contributed by atoms with Crippen molar-refractivity contribution in [1.82, 2.24) is 4.57 Å². The van der Waals surface area contributed by atoms with Crippen LogP contribution in [0.25, 0.3) is 10.9 Å². The van der Waals surface area contributed by atoms with E-state index >= 15 is 0 Å². The summed E-state index contributed by atoms with van der Waals surface area (Å²) in [7, 11) is 3.25. The number of ether oxygens (including phenoxy) is 2. The van der Waals surface area contributed by atoms with E-state index in [4.69, 9.17) is 15.2 Å². The summed E-state index contributed by atoms with van der Waals surface area (Å²) in [5.41, 5.74) is 7.97. The van der Waals surface area contributed by atoms with Crippen LogP contribution < -0.4 is 10.5 Å². The summed E-state index contributed by atoms with van der Waals surface area (Å²) in [6, 6.07) is 3.53. The van der Waals surface area contributed by atoms with Crippen molar-refractivity contribution in [1.29, 1.82) is 0 Å². The largest absolute Gasteiger partial charge is 0.495 e. The maximum absolute atomic E-state index is 12.1. The second-order valence-electron chi connectivity index (χ2n) is 4.34. The molecule has 1 aromatic heterocycles. The molecule has 2 rings (SSSR count). The van der Waals surface area contributed by atoms with Gasteiger partial charge in [-0.15, -0.1) is 0 Å². The number of nitrogens with zero attached hydrogens (tertiary/aromatic N) is 1. The van der Waals surface area contributed by atoms with E-state index in [1.807, 2.05) is 0 Å². The van der Waals surface area contributed by atoms with Crippen LogP contribution in [-0.2, 0) is 18.4 Å². The van der Waals surface area contributed by atoms with Crippen molar-refractivity contribution in [3.05, 3.63) is 23.4 Å². The van der Waals surface area contributed by atoms with Crippen LogP contribution in [0.15, 0.2) is 12.1 Å². The maximum Gasteiger partial charge on any atom is 0.355 e. The lowest BCUT2D eigenvalue weighted by atomic mass is 10.1. The van der Waals surface area contributed by atoms with E-state index in [9.17, 15) is 9.90 Å². The van der Waals surface area contributed by atoms with Crippen LogP contribution in [0.4, 0.5) is 5.69 Å². The maximum atomic E-state index is 12.1. The van der Waals surface area contributed by atoms with E-state index in [1.54, 1.807) is 30.7 Å². The Kier molecular flexibility index (Phi) is 3.85. The Hall–Kier alpha value is -2.21. The number of aliphatic hydroxyl groups is 1. The third kappa shape index (κ3) is 1.98. The number of aliphatic hydroxyl groups excluding tert-OH is 1. The average Bonchev–Trinajstić information content (AvgIpc) is 2.73. The highest BCUT2D eigenvalue weighted by Gasteiger charge is 2.24. The fourth-order valence-corrected chi connectivity index (χ4v) is 2.42. The van der Waals surface area contributed by atoms with Gasteiger partial charge in [-0.2, -0.15) is 0 Å². The van der Waals surface area contributed by atoms with Crippen LogP contribution in [0.1, 0.15) is 23.0 Å². The zero-order valence-corrected chi connectivity index (χ0v) is 11.8. The Labute approximate surface area is 116 Å². The highest BCUT2D eigenvalue weighted by Crippen LogP contribution is 2.36. The number of aromatic nitrogens is 1. The summed E-state index contributed by atoms with van der Waals surface area (Å²) in [6.45, 7) is 1.70. The van der Waals surface area contributed by atoms with Crippen LogP contribution in [0.2, 0.25) is 0 Å². The minimum Gasteiger partial charge on any atom is -0.495 e. The van der Waals surface area contributed by atoms with Crippen molar-refractivity contribution in [2.75, 3.05) is 19.5 Å². The molecule has 108 valence electrons. The van der Waals surface area contributed by atoms with E-state index < -0.39 is 5.97 Å². The van der Waals surface area contributed by atoms with Gasteiger partial charge in [-0.25, -0.2) is 4.79 Å². The van der Waals surface area contributed by atoms with E-state index in [2.05, 4.69) is 0 Å². The Balaban J connectivity index is 2.80. The highest BCUT2D eigenvalue weighted by atomic mass is 16.5. The van der Waals surface area contributed by atoms with Gasteiger partial charge in [0.25, 0.3) is 0 Å². The topological polar surface area (TPSA) is 86.7 Å². The Morgan fingerprint density at radius 3 is 2.70 bits per heavy atom. The summed E-state index contributed by atoms with van der Waals surface area (Å²) in [6.07, 6.45) is 0. The number of fused-ring (bicyclic) bond motifs is 1. The molecule has 0 fully saturated rings. The molecular weight excluding hydrogens is 260 g/mol. The molecule has 0 atom stereocenters. The van der Waals surface area contributed by atoms with Gasteiger partial charge in [0.15, 0.2) is 0 Å². The fourth-order valence-electron chi connectivity index (χ4n) is 2.42. The molecule has 0 unspecified atom stereocenters. The van der Waals surface area contributed by atoms with Crippen LogP contribution >= 0.6 is 0 Å². The quantitative estimate of drug-likeness (QED) is 0.652. The molecule has 20 heavy (non-hydrogen) atoms. The Morgan fingerprint density at radius 2 is 2.15 bits per heavy atom. The minimum absolute atomic E-state index is 0.268. The lowest BCUT2D eigenvalue weighted by Crippen LogP contribution is -2.12. The third-order valence-electron chi connectivity index (χ3n) is 3.31. The molecular formula is C14H18N2O4. The van der Waals surface area contributed by atoms with Gasteiger partial charge in [0.05, 0.1) is 31.5 Å². The number of hydrogen-bond donors (Lipinski definition) is 2. The number of nitrogen functional groups attached to an aromatic ring is 1. The van der Waals surface area contributed by atoms with Crippen molar-refractivity contribution in [2.45, 2.75) is 13.5 Å². The van der Waals surface area contributed by atoms with E-state index in [0.717, 1.165) is 5.52 Å². The molecule has 0 saturated carbocycles. The first kappa shape index (κ1) is 14.2. The summed E-state index contributed by atoms with van der Waals surface area (Å²) < 4.78 is 11.9. The number of aryl methyl sites for hydroxylation is 1. The Morgan fingerprint density at radius 1 is 1.45 bits per heavy atom. The summed E-state index contributed by atoms with van der Waals surface area (Å²) >= 11 is 0. The first-order chi connectivity index (χ1) is 9.56. The number of methoxy groups -OCH3 is 1. The second-order valence-corrected chi connectivity index (χ2v) is 4.34. The van der Waals surface area contributed by atoms with E-state index in [0.29, 0.717) is 28.1 Å². The third-order valence-corrected chi connectivity index (χ3v) is 3.31. The lowest BCUT2D eigenvalue weighted by molar-refractivity contribution is 0.0512. The molecule has 1 heterocycles. The van der Waals surface area contributed by atoms with Gasteiger partial charge in [-0.05, 0) is 19.1 Å². The monoisotopic (exact) mass is 278 g/mol. The average molecular weight is 278 g/mol. The number of carbonyl (C=O) groups excluding carboxylic acids is 1. The predicted molar refractivity (Wildman–Crippen MR) is 75.8 cm³/mol. The first-order valence-corrected chi connectivity index (χ1v) is 6.28. The van der Waals surface area contributed by atoms with Gasteiger partial charge < -0.3 is 24.9 Å². The van der Waals surface area contributed by atoms with Crippen molar-refractivity contribution in [3.63, 3.8) is 0 Å². The number of rotatable bonds is 4. The number of nitrogens with two attached hydrogens (primary N) is 1. The fraction of sp³-hybridized carbons (Fsp3) is 0.357. The molecule has 1 aromatic carbocycles. The second kappa shape index (κ2) is 5.42. The zero-order valence-electron chi connectivity index (χ0n) is 11.8. The van der Waals surface area contributed by atoms with Gasteiger partial charge in [0.1, 0.15) is 11.4 Å². The normalized spacial score (nSPS) is 10.8. The molecule has 0 aliphatic heterocycles. The molecule has 0 amide bonds. The SMILES string of the molecule is CCOC(=O)c1c(CO)c2c(N)c(OC)ccc2n1C. The summed E-state index contributed by atoms with van der Waals surface area (Å²) in [5.74, 6) is 0.0295. The molecule has 0 saturated heterocycles. The minimum atomic E-state index is -0.478. The smallest absolute Gasteiger partial charge is 0.355 e. The van der Waals surface area contributed by atoms with Gasteiger partial charge in [-0.1, -0.05) is 0 Å². The molecule has 6 nitrogen and oxygen atoms in total.